The number of carboxylic acids is 3. The van der Waals surface area contributed by atoms with Crippen LogP contribution in [-0.4, -0.2) is 78.4 Å². The van der Waals surface area contributed by atoms with Crippen LogP contribution in [0.3, 0.4) is 0 Å². The molecule has 0 aliphatic rings. The summed E-state index contributed by atoms with van der Waals surface area (Å²) >= 11 is 0. The zero-order valence-electron chi connectivity index (χ0n) is 13.4. The van der Waals surface area contributed by atoms with Gasteiger partial charge in [0.15, 0.2) is 5.66 Å². The number of rotatable bonds is 11. The molecule has 0 radical (unpaired) electrons. The van der Waals surface area contributed by atoms with E-state index in [2.05, 4.69) is 0 Å². The summed E-state index contributed by atoms with van der Waals surface area (Å²) in [7, 11) is -17.9. The van der Waals surface area contributed by atoms with Gasteiger partial charge in [-0.05, 0) is 6.42 Å². The van der Waals surface area contributed by atoms with Crippen molar-refractivity contribution in [3.8, 4) is 0 Å². The van der Waals surface area contributed by atoms with E-state index >= 15 is 0 Å². The van der Waals surface area contributed by atoms with Gasteiger partial charge in [-0.25, -0.2) is 0 Å². The molecule has 10 N–H and O–H groups in total. The summed E-state index contributed by atoms with van der Waals surface area (Å²) in [5.74, 6) is -12.1. The number of hydrogen-bond acceptors (Lipinski definition) is 7. The highest BCUT2D eigenvalue weighted by Crippen LogP contribution is 2.70. The van der Waals surface area contributed by atoms with Crippen LogP contribution in [-0.2, 0) is 28.1 Å². The minimum absolute atomic E-state index is 1.59. The number of aliphatic carboxylic acids is 3. The molecule has 0 aliphatic carbocycles. The van der Waals surface area contributed by atoms with Crippen molar-refractivity contribution in [1.82, 2.24) is 0 Å². The Balaban J connectivity index is 6.36. The van der Waals surface area contributed by atoms with Crippen molar-refractivity contribution in [1.29, 1.82) is 0 Å². The van der Waals surface area contributed by atoms with Crippen LogP contribution in [0.25, 0.3) is 0 Å². The maximum atomic E-state index is 11.4. The Labute approximate surface area is 154 Å². The van der Waals surface area contributed by atoms with Crippen molar-refractivity contribution >= 4 is 40.7 Å². The van der Waals surface area contributed by atoms with Crippen LogP contribution >= 0.6 is 22.8 Å². The summed E-state index contributed by atoms with van der Waals surface area (Å²) in [6.45, 7) is 0. The molecule has 0 fully saturated rings. The van der Waals surface area contributed by atoms with Crippen molar-refractivity contribution in [2.24, 2.45) is 11.8 Å². The summed E-state index contributed by atoms with van der Waals surface area (Å²) < 4.78 is 33.9. The first-order chi connectivity index (χ1) is 12.2. The van der Waals surface area contributed by atoms with E-state index in [1.54, 1.807) is 0 Å². The second-order valence-corrected chi connectivity index (χ2v) is 11.4. The molecule has 0 saturated heterocycles. The fraction of sp³-hybridized carbons (Fsp3) is 0.667. The predicted octanol–water partition coefficient (Wildman–Crippen LogP) is -2.20. The molecule has 0 aromatic rings. The Morgan fingerprint density at radius 3 is 1.29 bits per heavy atom. The topological polar surface area (TPSA) is 305 Å². The van der Waals surface area contributed by atoms with Crippen molar-refractivity contribution < 1.29 is 77.9 Å². The molecule has 0 bridgehead atoms. The SMILES string of the molecule is O=C(O)C(CC(C(=O)O)P(=O)(O)O)C(CC(O)(P(=O)(O)O)P(=O)(O)O)C(=O)O. The third kappa shape index (κ3) is 6.16. The Hall–Kier alpha value is -1.18. The maximum absolute atomic E-state index is 11.4. The molecule has 3 unspecified atom stereocenters. The maximum Gasteiger partial charge on any atom is 0.369 e. The molecule has 0 aliphatic heterocycles. The molecule has 3 atom stereocenters. The van der Waals surface area contributed by atoms with E-state index < -0.39 is 76.1 Å². The molecule has 0 aromatic heterocycles. The van der Waals surface area contributed by atoms with Gasteiger partial charge in [0.1, 0.15) is 0 Å². The summed E-state index contributed by atoms with van der Waals surface area (Å²) in [6.07, 6.45) is -3.66. The zero-order chi connectivity index (χ0) is 22.9. The minimum Gasteiger partial charge on any atom is -0.481 e. The Morgan fingerprint density at radius 1 is 0.714 bits per heavy atom. The fourth-order valence-corrected chi connectivity index (χ4v) is 5.18. The third-order valence-corrected chi connectivity index (χ3v) is 8.75. The van der Waals surface area contributed by atoms with Crippen molar-refractivity contribution in [2.45, 2.75) is 23.6 Å². The number of carbonyl (C=O) groups is 3. The van der Waals surface area contributed by atoms with Gasteiger partial charge in [0.05, 0.1) is 11.8 Å². The quantitative estimate of drug-likeness (QED) is 0.142. The highest BCUT2D eigenvalue weighted by molar-refractivity contribution is 7.72. The van der Waals surface area contributed by atoms with Gasteiger partial charge in [0, 0.05) is 6.42 Å². The lowest BCUT2D eigenvalue weighted by Crippen LogP contribution is -2.41. The molecule has 0 spiro atoms. The fourth-order valence-electron chi connectivity index (χ4n) is 2.16. The average Bonchev–Trinajstić information content (AvgIpc) is 2.40. The highest BCUT2D eigenvalue weighted by atomic mass is 31.2. The molecular formula is C9H17O16P3. The van der Waals surface area contributed by atoms with Gasteiger partial charge >= 0.3 is 40.7 Å². The van der Waals surface area contributed by atoms with E-state index in [4.69, 9.17) is 44.7 Å². The van der Waals surface area contributed by atoms with Gasteiger partial charge in [-0.2, -0.15) is 0 Å². The Kier molecular flexibility index (Phi) is 8.31. The lowest BCUT2D eigenvalue weighted by molar-refractivity contribution is -0.156. The monoisotopic (exact) mass is 474 g/mol. The molecule has 0 saturated carbocycles. The van der Waals surface area contributed by atoms with Gasteiger partial charge in [-0.1, -0.05) is 0 Å². The molecule has 0 heterocycles. The van der Waals surface area contributed by atoms with E-state index in [1.165, 1.54) is 0 Å². The van der Waals surface area contributed by atoms with E-state index in [9.17, 15) is 33.2 Å². The zero-order valence-corrected chi connectivity index (χ0v) is 16.1. The summed E-state index contributed by atoms with van der Waals surface area (Å²) in [5.41, 5.74) is -2.76. The second kappa shape index (κ2) is 8.67. The Bertz CT molecular complexity index is 748. The standard InChI is InChI=1S/C9H17O16P3/c10-6(11)3(1-5(8(14)15)26(17,18)19)4(7(12)13)2-9(16,27(20,21)22)28(23,24)25/h3-5,16H,1-2H2,(H,10,11)(H,12,13)(H,14,15)(H2,17,18,19)(H2,20,21,22)(H2,23,24,25). The van der Waals surface area contributed by atoms with Crippen molar-refractivity contribution in [3.05, 3.63) is 0 Å². The van der Waals surface area contributed by atoms with Gasteiger partial charge in [0.2, 0.25) is 0 Å². The molecule has 164 valence electrons. The number of aliphatic hydroxyl groups is 1. The summed E-state index contributed by atoms with van der Waals surface area (Å²) in [6, 6.07) is 0. The van der Waals surface area contributed by atoms with Crippen LogP contribution in [0.5, 0.6) is 0 Å². The Morgan fingerprint density at radius 2 is 1.07 bits per heavy atom. The molecule has 19 heteroatoms. The molecule has 16 nitrogen and oxygen atoms in total. The van der Waals surface area contributed by atoms with E-state index in [-0.39, 0.29) is 0 Å². The van der Waals surface area contributed by atoms with Crippen LogP contribution in [0.1, 0.15) is 12.8 Å². The largest absolute Gasteiger partial charge is 0.481 e. The lowest BCUT2D eigenvalue weighted by atomic mass is 9.86. The highest BCUT2D eigenvalue weighted by Gasteiger charge is 2.62. The van der Waals surface area contributed by atoms with Gasteiger partial charge in [-0.3, -0.25) is 28.1 Å². The average molecular weight is 474 g/mol. The lowest BCUT2D eigenvalue weighted by Gasteiger charge is -2.33. The van der Waals surface area contributed by atoms with Gasteiger partial charge in [0.25, 0.3) is 5.08 Å². The molecule has 28 heavy (non-hydrogen) atoms. The van der Waals surface area contributed by atoms with Crippen LogP contribution in [0.2, 0.25) is 0 Å². The van der Waals surface area contributed by atoms with E-state index in [0.29, 0.717) is 0 Å². The van der Waals surface area contributed by atoms with Crippen molar-refractivity contribution in [2.75, 3.05) is 0 Å². The second-order valence-electron chi connectivity index (χ2n) is 5.63. The van der Waals surface area contributed by atoms with Crippen LogP contribution in [0.15, 0.2) is 0 Å². The van der Waals surface area contributed by atoms with E-state index in [0.717, 1.165) is 0 Å². The van der Waals surface area contributed by atoms with E-state index in [1.807, 2.05) is 0 Å². The molecule has 0 amide bonds. The first-order valence-corrected chi connectivity index (χ1v) is 11.6. The van der Waals surface area contributed by atoms with Gasteiger partial charge in [-0.15, -0.1) is 0 Å². The van der Waals surface area contributed by atoms with Gasteiger partial charge < -0.3 is 49.8 Å². The normalized spacial score (nSPS) is 16.8. The molecule has 0 rings (SSSR count). The van der Waals surface area contributed by atoms with Crippen LogP contribution in [0.4, 0.5) is 0 Å². The summed E-state index contributed by atoms with van der Waals surface area (Å²) in [5, 5.41) is 32.5. The number of carboxylic acid groups (broad SMARTS) is 3. The summed E-state index contributed by atoms with van der Waals surface area (Å²) in [4.78, 5) is 87.8. The number of hydrogen-bond donors (Lipinski definition) is 10. The predicted molar refractivity (Wildman–Crippen MR) is 84.0 cm³/mol. The first-order valence-electron chi connectivity index (χ1n) is 6.74. The van der Waals surface area contributed by atoms with Crippen LogP contribution in [0, 0.1) is 11.8 Å². The van der Waals surface area contributed by atoms with Crippen molar-refractivity contribution in [3.63, 3.8) is 0 Å². The molecule has 0 aromatic carbocycles. The smallest absolute Gasteiger partial charge is 0.369 e. The minimum atomic E-state index is -6.19. The van der Waals surface area contributed by atoms with Crippen LogP contribution < -0.4 is 0 Å². The first kappa shape index (κ1) is 26.8. The third-order valence-electron chi connectivity index (χ3n) is 3.72. The molecular weight excluding hydrogens is 457 g/mol.